The molecule has 0 aromatic carbocycles. The maximum atomic E-state index is 14.0. The first-order valence-corrected chi connectivity index (χ1v) is 7.97. The third-order valence-corrected chi connectivity index (χ3v) is 4.92. The van der Waals surface area contributed by atoms with Gasteiger partial charge in [-0.25, -0.2) is 4.39 Å². The smallest absolute Gasteiger partial charge is 0.226 e. The second kappa shape index (κ2) is 6.51. The van der Waals surface area contributed by atoms with Crippen LogP contribution in [0.5, 0.6) is 0 Å². The van der Waals surface area contributed by atoms with Gasteiger partial charge < -0.3 is 9.64 Å². The highest BCUT2D eigenvalue weighted by molar-refractivity contribution is 5.78. The zero-order valence-electron chi connectivity index (χ0n) is 13.7. The Bertz CT molecular complexity index is 585. The number of rotatable bonds is 2. The lowest BCUT2D eigenvalue weighted by Crippen LogP contribution is -2.66. The van der Waals surface area contributed by atoms with Gasteiger partial charge in [-0.15, -0.1) is 0 Å². The van der Waals surface area contributed by atoms with Crippen LogP contribution < -0.4 is 5.32 Å². The molecule has 4 atom stereocenters. The first-order valence-electron chi connectivity index (χ1n) is 7.97. The fourth-order valence-electron chi connectivity index (χ4n) is 3.29. The summed E-state index contributed by atoms with van der Waals surface area (Å²) in [5.74, 6) is -0.384. The molecule has 126 valence electrons. The van der Waals surface area contributed by atoms with Gasteiger partial charge in [-0.05, 0) is 19.9 Å². The zero-order chi connectivity index (χ0) is 16.6. The van der Waals surface area contributed by atoms with Gasteiger partial charge in [-0.2, -0.15) is 0 Å². The van der Waals surface area contributed by atoms with Crippen LogP contribution in [0.1, 0.15) is 31.9 Å². The maximum Gasteiger partial charge on any atom is 0.226 e. The van der Waals surface area contributed by atoms with Crippen LogP contribution in [-0.4, -0.2) is 59.3 Å². The van der Waals surface area contributed by atoms with Crippen LogP contribution in [0.15, 0.2) is 18.5 Å². The predicted octanol–water partition coefficient (Wildman–Crippen LogP) is 1.11. The molecule has 2 aliphatic heterocycles. The summed E-state index contributed by atoms with van der Waals surface area (Å²) in [5, 5.41) is 3.42. The number of halogens is 1. The van der Waals surface area contributed by atoms with Gasteiger partial charge in [-0.3, -0.25) is 20.0 Å². The van der Waals surface area contributed by atoms with Gasteiger partial charge in [-0.1, -0.05) is 0 Å². The van der Waals surface area contributed by atoms with E-state index in [1.54, 1.807) is 24.2 Å². The topological polar surface area (TPSA) is 57.7 Å². The number of morpholine rings is 1. The fourth-order valence-corrected chi connectivity index (χ4v) is 3.29. The van der Waals surface area contributed by atoms with E-state index in [4.69, 9.17) is 4.74 Å². The van der Waals surface area contributed by atoms with E-state index in [1.807, 2.05) is 6.92 Å². The summed E-state index contributed by atoms with van der Waals surface area (Å²) in [6.07, 6.45) is 2.80. The second-order valence-electron chi connectivity index (χ2n) is 6.25. The number of ether oxygens (including phenoxy) is 1. The molecule has 7 heteroatoms. The number of amides is 1. The minimum Gasteiger partial charge on any atom is -0.376 e. The number of aromatic nitrogens is 1. The van der Waals surface area contributed by atoms with Crippen molar-refractivity contribution in [2.75, 3.05) is 20.2 Å². The fraction of sp³-hybridized carbons (Fsp3) is 0.625. The lowest BCUT2D eigenvalue weighted by Gasteiger charge is -2.49. The van der Waals surface area contributed by atoms with E-state index in [9.17, 15) is 9.18 Å². The van der Waals surface area contributed by atoms with Crippen LogP contribution in [-0.2, 0) is 9.53 Å². The molecule has 1 aromatic rings. The van der Waals surface area contributed by atoms with Gasteiger partial charge in [0.15, 0.2) is 0 Å². The number of pyridine rings is 1. The van der Waals surface area contributed by atoms with E-state index in [-0.39, 0.29) is 42.6 Å². The van der Waals surface area contributed by atoms with Crippen LogP contribution >= 0.6 is 0 Å². The van der Waals surface area contributed by atoms with Crippen molar-refractivity contribution in [1.82, 2.24) is 20.1 Å². The highest BCUT2D eigenvalue weighted by atomic mass is 19.1. The Balaban J connectivity index is 1.85. The summed E-state index contributed by atoms with van der Waals surface area (Å²) in [7, 11) is 1.78. The predicted molar refractivity (Wildman–Crippen MR) is 82.8 cm³/mol. The number of nitrogens with zero attached hydrogens (tertiary/aromatic N) is 3. The summed E-state index contributed by atoms with van der Waals surface area (Å²) < 4.78 is 19.7. The van der Waals surface area contributed by atoms with Crippen molar-refractivity contribution < 1.29 is 13.9 Å². The molecule has 6 nitrogen and oxygen atoms in total. The molecule has 3 heterocycles. The van der Waals surface area contributed by atoms with Crippen molar-refractivity contribution in [2.45, 2.75) is 44.7 Å². The lowest BCUT2D eigenvalue weighted by molar-refractivity contribution is -0.155. The molecule has 1 amide bonds. The Hall–Kier alpha value is -1.57. The number of hydrogen-bond donors (Lipinski definition) is 1. The molecule has 2 aliphatic rings. The Morgan fingerprint density at radius 1 is 1.43 bits per heavy atom. The maximum absolute atomic E-state index is 14.0. The SMILES string of the molecule is C[C@@H]1OCCN(C2NC(c3ccncc3F)CC(=O)N2C)[C@H]1C. The average Bonchev–Trinajstić information content (AvgIpc) is 2.53. The average molecular weight is 322 g/mol. The molecule has 0 aliphatic carbocycles. The molecule has 2 saturated heterocycles. The Morgan fingerprint density at radius 2 is 2.22 bits per heavy atom. The van der Waals surface area contributed by atoms with E-state index in [1.165, 1.54) is 6.20 Å². The van der Waals surface area contributed by atoms with Crippen molar-refractivity contribution in [1.29, 1.82) is 0 Å². The zero-order valence-corrected chi connectivity index (χ0v) is 13.7. The summed E-state index contributed by atoms with van der Waals surface area (Å²) in [6, 6.07) is 1.45. The van der Waals surface area contributed by atoms with E-state index < -0.39 is 0 Å². The highest BCUT2D eigenvalue weighted by Crippen LogP contribution is 2.28. The molecular weight excluding hydrogens is 299 g/mol. The lowest BCUT2D eigenvalue weighted by atomic mass is 10.0. The van der Waals surface area contributed by atoms with Crippen LogP contribution in [0.2, 0.25) is 0 Å². The molecule has 0 radical (unpaired) electrons. The monoisotopic (exact) mass is 322 g/mol. The molecule has 1 aromatic heterocycles. The molecule has 23 heavy (non-hydrogen) atoms. The number of carbonyl (C=O) groups is 1. The van der Waals surface area contributed by atoms with Crippen LogP contribution in [0.25, 0.3) is 0 Å². The summed E-state index contributed by atoms with van der Waals surface area (Å²) >= 11 is 0. The van der Waals surface area contributed by atoms with Crippen molar-refractivity contribution in [3.63, 3.8) is 0 Å². The van der Waals surface area contributed by atoms with E-state index in [0.29, 0.717) is 12.2 Å². The van der Waals surface area contributed by atoms with Gasteiger partial charge in [0.1, 0.15) is 12.1 Å². The van der Waals surface area contributed by atoms with Gasteiger partial charge >= 0.3 is 0 Å². The van der Waals surface area contributed by atoms with Gasteiger partial charge in [0.05, 0.1) is 18.9 Å². The third kappa shape index (κ3) is 3.08. The molecule has 0 bridgehead atoms. The standard InChI is InChI=1S/C16H23FN4O2/c1-10-11(2)23-7-6-21(10)16-19-14(8-15(22)20(16)3)12-4-5-18-9-13(12)17/h4-5,9-11,14,16,19H,6-8H2,1-3H3/t10-,11-,14?,16?/m0/s1. The van der Waals surface area contributed by atoms with Gasteiger partial charge in [0, 0.05) is 43.9 Å². The van der Waals surface area contributed by atoms with E-state index >= 15 is 0 Å². The van der Waals surface area contributed by atoms with Gasteiger partial charge in [0.25, 0.3) is 0 Å². The van der Waals surface area contributed by atoms with Crippen molar-refractivity contribution in [3.05, 3.63) is 29.8 Å². The summed E-state index contributed by atoms with van der Waals surface area (Å²) in [4.78, 5) is 20.1. The number of carbonyl (C=O) groups excluding carboxylic acids is 1. The first kappa shape index (κ1) is 16.3. The van der Waals surface area contributed by atoms with E-state index in [0.717, 1.165) is 6.54 Å². The molecule has 2 unspecified atom stereocenters. The first-order chi connectivity index (χ1) is 11.0. The Kier molecular flexibility index (Phi) is 4.61. The Morgan fingerprint density at radius 3 is 2.96 bits per heavy atom. The van der Waals surface area contributed by atoms with Crippen molar-refractivity contribution in [2.24, 2.45) is 0 Å². The minimum absolute atomic E-state index is 0.00121. The summed E-state index contributed by atoms with van der Waals surface area (Å²) in [5.41, 5.74) is 0.486. The molecule has 1 N–H and O–H groups in total. The molecule has 0 saturated carbocycles. The van der Waals surface area contributed by atoms with Crippen LogP contribution in [0.3, 0.4) is 0 Å². The Labute approximate surface area is 135 Å². The molecule has 0 spiro atoms. The second-order valence-corrected chi connectivity index (χ2v) is 6.25. The van der Waals surface area contributed by atoms with Gasteiger partial charge in [0.2, 0.25) is 5.91 Å². The van der Waals surface area contributed by atoms with Crippen molar-refractivity contribution in [3.8, 4) is 0 Å². The number of hydrogen-bond acceptors (Lipinski definition) is 5. The molecule has 3 rings (SSSR count). The van der Waals surface area contributed by atoms with E-state index in [2.05, 4.69) is 22.1 Å². The van der Waals surface area contributed by atoms with Crippen LogP contribution in [0, 0.1) is 5.82 Å². The minimum atomic E-state index is -0.385. The molecular formula is C16H23FN4O2. The normalized spacial score (nSPS) is 33.0. The highest BCUT2D eigenvalue weighted by Gasteiger charge is 2.40. The third-order valence-electron chi connectivity index (χ3n) is 4.92. The number of nitrogens with one attached hydrogen (secondary N) is 1. The van der Waals surface area contributed by atoms with Crippen molar-refractivity contribution >= 4 is 5.91 Å². The quantitative estimate of drug-likeness (QED) is 0.884. The molecule has 2 fully saturated rings. The van der Waals surface area contributed by atoms with Crippen LogP contribution in [0.4, 0.5) is 4.39 Å². The largest absolute Gasteiger partial charge is 0.376 e. The summed E-state index contributed by atoms with van der Waals surface area (Å²) in [6.45, 7) is 5.47.